The Kier molecular flexibility index (Phi) is 6.37. The number of ether oxygens (including phenoxy) is 1. The Morgan fingerprint density at radius 2 is 1.92 bits per heavy atom. The molecular weight excluding hydrogens is 444 g/mol. The average Bonchev–Trinajstić information content (AvgIpc) is 2.85. The van der Waals surface area contributed by atoms with E-state index < -0.39 is 16.1 Å². The maximum atomic E-state index is 12.5. The van der Waals surface area contributed by atoms with E-state index in [0.717, 1.165) is 11.3 Å². The first kappa shape index (κ1) is 20.3. The van der Waals surface area contributed by atoms with Crippen molar-refractivity contribution in [1.29, 1.82) is 0 Å². The van der Waals surface area contributed by atoms with Crippen LogP contribution in [0.4, 0.5) is 16.4 Å². The van der Waals surface area contributed by atoms with Crippen LogP contribution < -0.4 is 10.0 Å². The Bertz CT molecular complexity index is 970. The summed E-state index contributed by atoms with van der Waals surface area (Å²) in [6.07, 6.45) is 0.924. The van der Waals surface area contributed by atoms with Gasteiger partial charge in [-0.05, 0) is 67.4 Å². The molecule has 2 aromatic rings. The van der Waals surface area contributed by atoms with Crippen molar-refractivity contribution in [2.45, 2.75) is 31.9 Å². The Morgan fingerprint density at radius 1 is 1.27 bits per heavy atom. The molecule has 0 bridgehead atoms. The van der Waals surface area contributed by atoms with Crippen LogP contribution in [0.3, 0.4) is 0 Å². The van der Waals surface area contributed by atoms with E-state index in [2.05, 4.69) is 35.9 Å². The SMILES string of the molecule is C/C=C(\C)OC(=O)Nc1cc(C)cc(NS(=O)(=O)c2sc(Br)nc2C)n1. The van der Waals surface area contributed by atoms with Gasteiger partial charge in [0.15, 0.2) is 8.13 Å². The molecule has 1 amide bonds. The highest BCUT2D eigenvalue weighted by Crippen LogP contribution is 2.28. The number of hydrogen-bond acceptors (Lipinski definition) is 7. The number of rotatable bonds is 5. The quantitative estimate of drug-likeness (QED) is 0.646. The summed E-state index contributed by atoms with van der Waals surface area (Å²) in [5, 5.41) is 2.46. The van der Waals surface area contributed by atoms with Crippen LogP contribution in [0.1, 0.15) is 25.1 Å². The Balaban J connectivity index is 2.24. The van der Waals surface area contributed by atoms with Gasteiger partial charge in [0.1, 0.15) is 17.4 Å². The molecule has 2 rings (SSSR count). The van der Waals surface area contributed by atoms with Crippen LogP contribution in [0.2, 0.25) is 0 Å². The van der Waals surface area contributed by atoms with Gasteiger partial charge in [-0.15, -0.1) is 0 Å². The summed E-state index contributed by atoms with van der Waals surface area (Å²) in [4.78, 5) is 19.9. The van der Waals surface area contributed by atoms with Crippen LogP contribution in [0.15, 0.2) is 32.1 Å². The van der Waals surface area contributed by atoms with Gasteiger partial charge in [-0.25, -0.2) is 23.2 Å². The molecule has 2 aromatic heterocycles. The lowest BCUT2D eigenvalue weighted by Crippen LogP contribution is -2.17. The highest BCUT2D eigenvalue weighted by atomic mass is 79.9. The highest BCUT2D eigenvalue weighted by Gasteiger charge is 2.22. The van der Waals surface area contributed by atoms with Crippen molar-refractivity contribution < 1.29 is 17.9 Å². The van der Waals surface area contributed by atoms with E-state index in [-0.39, 0.29) is 15.8 Å². The fourth-order valence-electron chi connectivity index (χ4n) is 1.90. The first-order valence-electron chi connectivity index (χ1n) is 7.37. The molecule has 11 heteroatoms. The molecule has 0 aromatic carbocycles. The maximum Gasteiger partial charge on any atom is 0.417 e. The molecule has 0 saturated carbocycles. The van der Waals surface area contributed by atoms with Crippen molar-refractivity contribution in [3.8, 4) is 0 Å². The van der Waals surface area contributed by atoms with Crippen molar-refractivity contribution in [1.82, 2.24) is 9.97 Å². The molecule has 0 atom stereocenters. The minimum Gasteiger partial charge on any atom is -0.415 e. The topological polar surface area (TPSA) is 110 Å². The monoisotopic (exact) mass is 460 g/mol. The Hall–Kier alpha value is -1.98. The van der Waals surface area contributed by atoms with E-state index in [1.54, 1.807) is 45.9 Å². The molecule has 2 N–H and O–H groups in total. The number of hydrogen-bond donors (Lipinski definition) is 2. The molecule has 2 heterocycles. The second-order valence-electron chi connectivity index (χ2n) is 5.27. The predicted octanol–water partition coefficient (Wildman–Crippen LogP) is 4.19. The maximum absolute atomic E-state index is 12.5. The summed E-state index contributed by atoms with van der Waals surface area (Å²) in [5.41, 5.74) is 1.09. The summed E-state index contributed by atoms with van der Waals surface area (Å²) in [6.45, 7) is 6.73. The van der Waals surface area contributed by atoms with Crippen LogP contribution in [0.5, 0.6) is 0 Å². The molecule has 26 heavy (non-hydrogen) atoms. The minimum atomic E-state index is -3.85. The fraction of sp³-hybridized carbons (Fsp3) is 0.267. The molecule has 8 nitrogen and oxygen atoms in total. The molecule has 0 fully saturated rings. The fourth-order valence-corrected chi connectivity index (χ4v) is 5.21. The zero-order valence-corrected chi connectivity index (χ0v) is 17.7. The van der Waals surface area contributed by atoms with Crippen molar-refractivity contribution in [2.24, 2.45) is 0 Å². The highest BCUT2D eigenvalue weighted by molar-refractivity contribution is 9.11. The van der Waals surface area contributed by atoms with Crippen LogP contribution in [0, 0.1) is 13.8 Å². The first-order chi connectivity index (χ1) is 12.1. The number of pyridine rings is 1. The second kappa shape index (κ2) is 8.14. The van der Waals surface area contributed by atoms with Crippen LogP contribution in [-0.4, -0.2) is 24.5 Å². The van der Waals surface area contributed by atoms with Crippen molar-refractivity contribution in [3.63, 3.8) is 0 Å². The Labute approximate surface area is 163 Å². The van der Waals surface area contributed by atoms with Gasteiger partial charge >= 0.3 is 6.09 Å². The molecule has 140 valence electrons. The van der Waals surface area contributed by atoms with E-state index in [9.17, 15) is 13.2 Å². The number of carbonyl (C=O) groups excluding carboxylic acids is 1. The van der Waals surface area contributed by atoms with Gasteiger partial charge in [0.2, 0.25) is 0 Å². The molecule has 0 aliphatic rings. The first-order valence-corrected chi connectivity index (χ1v) is 10.5. The van der Waals surface area contributed by atoms with Crippen molar-refractivity contribution >= 4 is 55.0 Å². The summed E-state index contributed by atoms with van der Waals surface area (Å²) in [7, 11) is -3.85. The lowest BCUT2D eigenvalue weighted by molar-refractivity contribution is 0.191. The van der Waals surface area contributed by atoms with Crippen molar-refractivity contribution in [3.05, 3.63) is 39.1 Å². The van der Waals surface area contributed by atoms with Gasteiger partial charge in [-0.3, -0.25) is 10.0 Å². The van der Waals surface area contributed by atoms with Gasteiger partial charge in [0.05, 0.1) is 5.69 Å². The zero-order valence-electron chi connectivity index (χ0n) is 14.5. The number of nitrogens with zero attached hydrogens (tertiary/aromatic N) is 2. The number of aromatic nitrogens is 2. The largest absolute Gasteiger partial charge is 0.417 e. The molecule has 0 saturated heterocycles. The number of halogens is 1. The molecule has 0 aliphatic carbocycles. The normalized spacial score (nSPS) is 12.0. The Morgan fingerprint density at radius 3 is 2.50 bits per heavy atom. The molecule has 0 aliphatic heterocycles. The zero-order chi connectivity index (χ0) is 19.5. The third kappa shape index (κ3) is 5.26. The predicted molar refractivity (Wildman–Crippen MR) is 104 cm³/mol. The number of aryl methyl sites for hydroxylation is 2. The van der Waals surface area contributed by atoms with E-state index in [1.807, 2.05) is 0 Å². The van der Waals surface area contributed by atoms with Gasteiger partial charge in [-0.1, -0.05) is 11.3 Å². The van der Waals surface area contributed by atoms with Crippen molar-refractivity contribution in [2.75, 3.05) is 10.0 Å². The molecular formula is C15H17BrN4O4S2. The van der Waals surface area contributed by atoms with E-state index in [0.29, 0.717) is 20.9 Å². The summed E-state index contributed by atoms with van der Waals surface area (Å²) < 4.78 is 33.0. The summed E-state index contributed by atoms with van der Waals surface area (Å²) in [5.74, 6) is 0.674. The van der Waals surface area contributed by atoms with E-state index in [1.165, 1.54) is 0 Å². The van der Waals surface area contributed by atoms with Gasteiger partial charge in [-0.2, -0.15) is 0 Å². The van der Waals surface area contributed by atoms with E-state index in [4.69, 9.17) is 4.74 Å². The number of nitrogens with one attached hydrogen (secondary N) is 2. The van der Waals surface area contributed by atoms with Crippen LogP contribution >= 0.6 is 27.3 Å². The lowest BCUT2D eigenvalue weighted by atomic mass is 10.3. The third-order valence-electron chi connectivity index (χ3n) is 3.07. The number of sulfonamides is 1. The minimum absolute atomic E-state index is 0.0759. The number of carbonyl (C=O) groups is 1. The molecule has 0 unspecified atom stereocenters. The lowest BCUT2D eigenvalue weighted by Gasteiger charge is -2.10. The standard InChI is InChI=1S/C15H17BrN4O4S2/c1-5-9(3)24-15(21)19-11-6-8(2)7-12(18-11)20-26(22,23)13-10(4)17-14(16)25-13/h5-7H,1-4H3,(H2,18,19,20,21)/b9-5+. The van der Waals surface area contributed by atoms with Gasteiger partial charge in [0, 0.05) is 0 Å². The van der Waals surface area contributed by atoms with Gasteiger partial charge < -0.3 is 4.74 Å². The van der Waals surface area contributed by atoms with Crippen LogP contribution in [0.25, 0.3) is 0 Å². The number of anilines is 2. The summed E-state index contributed by atoms with van der Waals surface area (Å²) in [6, 6.07) is 3.15. The average molecular weight is 461 g/mol. The van der Waals surface area contributed by atoms with Gasteiger partial charge in [0.25, 0.3) is 10.0 Å². The number of thiazole rings is 1. The summed E-state index contributed by atoms with van der Waals surface area (Å²) >= 11 is 4.17. The second-order valence-corrected chi connectivity index (χ2v) is 9.43. The molecule has 0 radical (unpaired) electrons. The van der Waals surface area contributed by atoms with E-state index >= 15 is 0 Å². The third-order valence-corrected chi connectivity index (χ3v) is 6.64. The number of amides is 1. The molecule has 0 spiro atoms. The smallest absolute Gasteiger partial charge is 0.415 e. The van der Waals surface area contributed by atoms with Crippen LogP contribution in [-0.2, 0) is 14.8 Å². The number of allylic oxidation sites excluding steroid dienone is 2.